The Morgan fingerprint density at radius 2 is 1.86 bits per heavy atom. The number of nitrogens with zero attached hydrogens (tertiary/aromatic N) is 2. The second-order valence-corrected chi connectivity index (χ2v) is 6.37. The molecule has 0 saturated heterocycles. The van der Waals surface area contributed by atoms with Gasteiger partial charge >= 0.3 is 0 Å². The van der Waals surface area contributed by atoms with Crippen molar-refractivity contribution in [3.8, 4) is 0 Å². The van der Waals surface area contributed by atoms with Gasteiger partial charge in [0.2, 0.25) is 0 Å². The second kappa shape index (κ2) is 9.62. The maximum Gasteiger partial charge on any atom is 0.137 e. The molecule has 120 valence electrons. The molecular formula is C18H26ClN3. The highest BCUT2D eigenvalue weighted by atomic mass is 35.5. The minimum Gasteiger partial charge on any atom is -0.369 e. The van der Waals surface area contributed by atoms with Crippen LogP contribution in [0.25, 0.3) is 10.9 Å². The zero-order valence-corrected chi connectivity index (χ0v) is 14.1. The molecule has 1 unspecified atom stereocenters. The molecule has 0 fully saturated rings. The minimum atomic E-state index is 0.371. The van der Waals surface area contributed by atoms with Crippen molar-refractivity contribution in [2.24, 2.45) is 0 Å². The van der Waals surface area contributed by atoms with Crippen molar-refractivity contribution in [1.82, 2.24) is 9.97 Å². The van der Waals surface area contributed by atoms with Gasteiger partial charge in [0.1, 0.15) is 12.1 Å². The van der Waals surface area contributed by atoms with Gasteiger partial charge in [-0.05, 0) is 31.4 Å². The summed E-state index contributed by atoms with van der Waals surface area (Å²) in [5.41, 5.74) is 0.990. The molecular weight excluding hydrogens is 294 g/mol. The third kappa shape index (κ3) is 5.45. The van der Waals surface area contributed by atoms with E-state index in [-0.39, 0.29) is 0 Å². The Morgan fingerprint density at radius 3 is 2.73 bits per heavy atom. The Kier molecular flexibility index (Phi) is 7.44. The summed E-state index contributed by atoms with van der Waals surface area (Å²) in [6, 6.07) is 8.10. The Balaban J connectivity index is 1.64. The number of fused-ring (bicyclic) bond motifs is 1. The zero-order valence-electron chi connectivity index (χ0n) is 13.4. The summed E-state index contributed by atoms with van der Waals surface area (Å²) in [4.78, 5) is 8.62. The highest BCUT2D eigenvalue weighted by Crippen LogP contribution is 2.18. The fourth-order valence-electron chi connectivity index (χ4n) is 2.65. The molecule has 22 heavy (non-hydrogen) atoms. The van der Waals surface area contributed by atoms with E-state index in [1.54, 1.807) is 6.33 Å². The average molecular weight is 320 g/mol. The highest BCUT2D eigenvalue weighted by molar-refractivity contribution is 6.20. The molecule has 1 aromatic heterocycles. The molecule has 0 saturated carbocycles. The first-order valence-corrected chi connectivity index (χ1v) is 8.82. The van der Waals surface area contributed by atoms with Crippen molar-refractivity contribution in [2.75, 3.05) is 11.9 Å². The van der Waals surface area contributed by atoms with E-state index in [2.05, 4.69) is 28.3 Å². The van der Waals surface area contributed by atoms with Crippen LogP contribution in [-0.4, -0.2) is 21.9 Å². The lowest BCUT2D eigenvalue weighted by molar-refractivity contribution is 0.586. The Hall–Kier alpha value is -1.35. The lowest BCUT2D eigenvalue weighted by Crippen LogP contribution is -2.04. The summed E-state index contributed by atoms with van der Waals surface area (Å²) in [6.07, 6.45) is 10.0. The van der Waals surface area contributed by atoms with Gasteiger partial charge in [-0.3, -0.25) is 0 Å². The van der Waals surface area contributed by atoms with Crippen LogP contribution < -0.4 is 5.32 Å². The van der Waals surface area contributed by atoms with E-state index < -0.39 is 0 Å². The van der Waals surface area contributed by atoms with Gasteiger partial charge < -0.3 is 5.32 Å². The lowest BCUT2D eigenvalue weighted by Gasteiger charge is -2.09. The number of unbranched alkanes of at least 4 members (excludes halogenated alkanes) is 3. The van der Waals surface area contributed by atoms with Crippen molar-refractivity contribution in [1.29, 1.82) is 0 Å². The van der Waals surface area contributed by atoms with Gasteiger partial charge in [-0.1, -0.05) is 44.7 Å². The number of aromatic nitrogens is 2. The van der Waals surface area contributed by atoms with Crippen molar-refractivity contribution in [3.05, 3.63) is 30.6 Å². The minimum absolute atomic E-state index is 0.371. The van der Waals surface area contributed by atoms with Gasteiger partial charge in [0.15, 0.2) is 0 Å². The number of hydrogen-bond acceptors (Lipinski definition) is 3. The van der Waals surface area contributed by atoms with Crippen LogP contribution in [0.15, 0.2) is 30.6 Å². The molecule has 2 aromatic rings. The van der Waals surface area contributed by atoms with Crippen molar-refractivity contribution in [2.45, 2.75) is 57.2 Å². The molecule has 4 heteroatoms. The number of rotatable bonds is 10. The summed E-state index contributed by atoms with van der Waals surface area (Å²) in [6.45, 7) is 3.15. The fraction of sp³-hybridized carbons (Fsp3) is 0.556. The number of nitrogens with one attached hydrogen (secondary N) is 1. The first kappa shape index (κ1) is 17.0. The van der Waals surface area contributed by atoms with Gasteiger partial charge in [0, 0.05) is 17.3 Å². The monoisotopic (exact) mass is 319 g/mol. The Morgan fingerprint density at radius 1 is 1.05 bits per heavy atom. The molecule has 0 spiro atoms. The van der Waals surface area contributed by atoms with E-state index >= 15 is 0 Å². The molecule has 2 rings (SSSR count). The third-order valence-corrected chi connectivity index (χ3v) is 4.32. The number of alkyl halides is 1. The molecule has 0 aliphatic rings. The highest BCUT2D eigenvalue weighted by Gasteiger charge is 2.03. The lowest BCUT2D eigenvalue weighted by atomic mass is 10.1. The SMILES string of the molecule is CCCC(Cl)CCCCCCNc1ncnc2ccccc12. The molecule has 1 N–H and O–H groups in total. The van der Waals surface area contributed by atoms with E-state index in [4.69, 9.17) is 11.6 Å². The quantitative estimate of drug-likeness (QED) is 0.470. The second-order valence-electron chi connectivity index (χ2n) is 5.76. The molecule has 0 radical (unpaired) electrons. The molecule has 1 atom stereocenters. The van der Waals surface area contributed by atoms with Gasteiger partial charge in [-0.2, -0.15) is 0 Å². The van der Waals surface area contributed by atoms with E-state index in [0.29, 0.717) is 5.38 Å². The summed E-state index contributed by atoms with van der Waals surface area (Å²) in [7, 11) is 0. The van der Waals surface area contributed by atoms with Crippen LogP contribution in [0.4, 0.5) is 5.82 Å². The molecule has 1 aromatic carbocycles. The van der Waals surface area contributed by atoms with Gasteiger partial charge in [-0.25, -0.2) is 9.97 Å². The van der Waals surface area contributed by atoms with Crippen LogP contribution in [0.3, 0.4) is 0 Å². The maximum atomic E-state index is 6.23. The van der Waals surface area contributed by atoms with E-state index in [9.17, 15) is 0 Å². The van der Waals surface area contributed by atoms with Crippen LogP contribution in [0, 0.1) is 0 Å². The molecule has 1 heterocycles. The van der Waals surface area contributed by atoms with Crippen molar-refractivity contribution in [3.63, 3.8) is 0 Å². The number of hydrogen-bond donors (Lipinski definition) is 1. The number of benzene rings is 1. The Labute approximate surface area is 138 Å². The smallest absolute Gasteiger partial charge is 0.137 e. The molecule has 0 bridgehead atoms. The Bertz CT molecular complexity index is 554. The zero-order chi connectivity index (χ0) is 15.6. The number of anilines is 1. The van der Waals surface area contributed by atoms with Crippen molar-refractivity contribution >= 4 is 28.3 Å². The topological polar surface area (TPSA) is 37.8 Å². The largest absolute Gasteiger partial charge is 0.369 e. The van der Waals surface area contributed by atoms with E-state index in [0.717, 1.165) is 36.1 Å². The van der Waals surface area contributed by atoms with Crippen LogP contribution >= 0.6 is 11.6 Å². The third-order valence-electron chi connectivity index (χ3n) is 3.88. The average Bonchev–Trinajstić information content (AvgIpc) is 2.54. The normalized spacial score (nSPS) is 12.5. The van der Waals surface area contributed by atoms with Crippen LogP contribution in [0.5, 0.6) is 0 Å². The van der Waals surface area contributed by atoms with Gasteiger partial charge in [-0.15, -0.1) is 11.6 Å². The molecule has 3 nitrogen and oxygen atoms in total. The first-order chi connectivity index (χ1) is 10.8. The summed E-state index contributed by atoms with van der Waals surface area (Å²) in [5.74, 6) is 0.939. The summed E-state index contributed by atoms with van der Waals surface area (Å²) in [5, 5.41) is 4.89. The fourth-order valence-corrected chi connectivity index (χ4v) is 3.03. The van der Waals surface area contributed by atoms with E-state index in [1.165, 1.54) is 32.1 Å². The van der Waals surface area contributed by atoms with Crippen LogP contribution in [0.1, 0.15) is 51.9 Å². The predicted octanol–water partition coefficient (Wildman–Crippen LogP) is 5.40. The molecule has 0 aliphatic heterocycles. The summed E-state index contributed by atoms with van der Waals surface area (Å²) >= 11 is 6.23. The summed E-state index contributed by atoms with van der Waals surface area (Å²) < 4.78 is 0. The molecule has 0 aliphatic carbocycles. The maximum absolute atomic E-state index is 6.23. The number of halogens is 1. The number of para-hydroxylation sites is 1. The van der Waals surface area contributed by atoms with Crippen LogP contribution in [0.2, 0.25) is 0 Å². The van der Waals surface area contributed by atoms with Gasteiger partial charge in [0.25, 0.3) is 0 Å². The van der Waals surface area contributed by atoms with Crippen LogP contribution in [-0.2, 0) is 0 Å². The van der Waals surface area contributed by atoms with E-state index in [1.807, 2.05) is 18.2 Å². The predicted molar refractivity (Wildman–Crippen MR) is 95.7 cm³/mol. The standard InChI is InChI=1S/C18H26ClN3/c1-2-9-15(19)10-5-3-4-8-13-20-18-16-11-6-7-12-17(16)21-14-22-18/h6-7,11-12,14-15H,2-5,8-10,13H2,1H3,(H,20,21,22). The first-order valence-electron chi connectivity index (χ1n) is 8.39. The van der Waals surface area contributed by atoms with Crippen molar-refractivity contribution < 1.29 is 0 Å². The molecule has 0 amide bonds. The van der Waals surface area contributed by atoms with Gasteiger partial charge in [0.05, 0.1) is 5.52 Å².